The summed E-state index contributed by atoms with van der Waals surface area (Å²) in [6, 6.07) is 6.60. The Morgan fingerprint density at radius 3 is 2.58 bits per heavy atom. The SMILES string of the molecule is COC(=O)C(CC(F)(F)Cc1ccccc1)N=C=O. The van der Waals surface area contributed by atoms with E-state index in [0.29, 0.717) is 5.56 Å². The van der Waals surface area contributed by atoms with E-state index in [0.717, 1.165) is 13.2 Å². The number of aliphatic imine (C=N–C) groups is 1. The molecule has 0 saturated heterocycles. The van der Waals surface area contributed by atoms with E-state index in [4.69, 9.17) is 0 Å². The number of benzene rings is 1. The Bertz CT molecular complexity index is 470. The lowest BCUT2D eigenvalue weighted by Crippen LogP contribution is -2.31. The summed E-state index contributed by atoms with van der Waals surface area (Å²) in [6.07, 6.45) is -0.307. The van der Waals surface area contributed by atoms with Crippen LogP contribution in [0.5, 0.6) is 0 Å². The number of rotatable bonds is 6. The lowest BCUT2D eigenvalue weighted by atomic mass is 10.0. The minimum absolute atomic E-state index is 0.436. The van der Waals surface area contributed by atoms with E-state index in [9.17, 15) is 18.4 Å². The van der Waals surface area contributed by atoms with Crippen LogP contribution < -0.4 is 0 Å². The standard InChI is InChI=1S/C13H13F2NO3/c1-19-12(18)11(16-9-17)8-13(14,15)7-10-5-3-2-4-6-10/h2-6,11H,7-8H2,1H3. The summed E-state index contributed by atoms with van der Waals surface area (Å²) >= 11 is 0. The quantitative estimate of drug-likeness (QED) is 0.451. The molecule has 0 bridgehead atoms. The first-order chi connectivity index (χ1) is 8.98. The maximum absolute atomic E-state index is 13.8. The summed E-state index contributed by atoms with van der Waals surface area (Å²) in [7, 11) is 1.05. The first-order valence-corrected chi connectivity index (χ1v) is 5.55. The Balaban J connectivity index is 2.76. The van der Waals surface area contributed by atoms with Crippen molar-refractivity contribution in [2.24, 2.45) is 4.99 Å². The van der Waals surface area contributed by atoms with Crippen LogP contribution in [0.25, 0.3) is 0 Å². The van der Waals surface area contributed by atoms with Gasteiger partial charge in [-0.25, -0.2) is 18.4 Å². The highest BCUT2D eigenvalue weighted by molar-refractivity contribution is 5.76. The molecule has 1 aromatic carbocycles. The maximum atomic E-state index is 13.8. The van der Waals surface area contributed by atoms with Gasteiger partial charge in [-0.2, -0.15) is 4.99 Å². The molecule has 19 heavy (non-hydrogen) atoms. The predicted octanol–water partition coefficient (Wildman–Crippen LogP) is 2.13. The number of methoxy groups -OCH3 is 1. The number of hydrogen-bond acceptors (Lipinski definition) is 4. The van der Waals surface area contributed by atoms with Crippen LogP contribution in [0, 0.1) is 0 Å². The summed E-state index contributed by atoms with van der Waals surface area (Å²) in [5, 5.41) is 0. The van der Waals surface area contributed by atoms with Gasteiger partial charge in [0.15, 0.2) is 6.04 Å². The Morgan fingerprint density at radius 1 is 1.42 bits per heavy atom. The zero-order valence-corrected chi connectivity index (χ0v) is 10.3. The molecule has 0 spiro atoms. The molecule has 1 aromatic rings. The molecule has 0 aliphatic heterocycles. The topological polar surface area (TPSA) is 55.7 Å². The van der Waals surface area contributed by atoms with Crippen LogP contribution >= 0.6 is 0 Å². The highest BCUT2D eigenvalue weighted by Crippen LogP contribution is 2.26. The third-order valence-corrected chi connectivity index (χ3v) is 2.48. The molecule has 0 amide bonds. The molecule has 0 aromatic heterocycles. The fourth-order valence-corrected chi connectivity index (χ4v) is 1.63. The van der Waals surface area contributed by atoms with Crippen LogP contribution in [0.15, 0.2) is 35.3 Å². The first-order valence-electron chi connectivity index (χ1n) is 5.55. The number of carbonyl (C=O) groups excluding carboxylic acids is 2. The lowest BCUT2D eigenvalue weighted by molar-refractivity contribution is -0.144. The van der Waals surface area contributed by atoms with Crippen molar-refractivity contribution in [3.05, 3.63) is 35.9 Å². The number of halogens is 2. The number of alkyl halides is 2. The zero-order chi connectivity index (χ0) is 14.3. The second kappa shape index (κ2) is 6.75. The van der Waals surface area contributed by atoms with E-state index in [2.05, 4.69) is 9.73 Å². The minimum atomic E-state index is -3.17. The lowest BCUT2D eigenvalue weighted by Gasteiger charge is -2.18. The van der Waals surface area contributed by atoms with E-state index in [1.807, 2.05) is 0 Å². The highest BCUT2D eigenvalue weighted by Gasteiger charge is 2.36. The summed E-state index contributed by atoms with van der Waals surface area (Å²) in [5.41, 5.74) is 0.436. The highest BCUT2D eigenvalue weighted by atomic mass is 19.3. The molecule has 0 aliphatic rings. The third-order valence-electron chi connectivity index (χ3n) is 2.48. The molecule has 6 heteroatoms. The van der Waals surface area contributed by atoms with Gasteiger partial charge in [0.1, 0.15) is 0 Å². The van der Waals surface area contributed by atoms with Crippen LogP contribution in [0.2, 0.25) is 0 Å². The van der Waals surface area contributed by atoms with Crippen molar-refractivity contribution in [2.75, 3.05) is 7.11 Å². The zero-order valence-electron chi connectivity index (χ0n) is 10.3. The molecule has 0 aliphatic carbocycles. The summed E-state index contributed by atoms with van der Waals surface area (Å²) in [6.45, 7) is 0. The largest absolute Gasteiger partial charge is 0.467 e. The second-order valence-corrected chi connectivity index (χ2v) is 3.98. The molecule has 102 valence electrons. The van der Waals surface area contributed by atoms with Crippen LogP contribution in [0.3, 0.4) is 0 Å². The average molecular weight is 269 g/mol. The minimum Gasteiger partial charge on any atom is -0.467 e. The number of isocyanates is 1. The monoisotopic (exact) mass is 269 g/mol. The molecule has 0 radical (unpaired) electrons. The van der Waals surface area contributed by atoms with Crippen LogP contribution in [-0.2, 0) is 20.7 Å². The van der Waals surface area contributed by atoms with Crippen molar-refractivity contribution < 1.29 is 23.1 Å². The van der Waals surface area contributed by atoms with Gasteiger partial charge >= 0.3 is 5.97 Å². The molecule has 0 fully saturated rings. The van der Waals surface area contributed by atoms with Crippen molar-refractivity contribution in [1.29, 1.82) is 0 Å². The van der Waals surface area contributed by atoms with Gasteiger partial charge in [0.2, 0.25) is 6.08 Å². The van der Waals surface area contributed by atoms with Crippen molar-refractivity contribution >= 4 is 12.0 Å². The second-order valence-electron chi connectivity index (χ2n) is 3.98. The first kappa shape index (κ1) is 15.0. The Labute approximate surface area is 109 Å². The number of hydrogen-bond donors (Lipinski definition) is 0. The van der Waals surface area contributed by atoms with Gasteiger partial charge in [-0.05, 0) is 5.56 Å². The third kappa shape index (κ3) is 4.97. The van der Waals surface area contributed by atoms with Crippen LogP contribution in [0.1, 0.15) is 12.0 Å². The predicted molar refractivity (Wildman–Crippen MR) is 63.6 cm³/mol. The normalized spacial score (nSPS) is 12.4. The number of ether oxygens (including phenoxy) is 1. The van der Waals surface area contributed by atoms with Gasteiger partial charge in [-0.3, -0.25) is 0 Å². The fraction of sp³-hybridized carbons (Fsp3) is 0.385. The molecular formula is C13H13F2NO3. The Morgan fingerprint density at radius 2 is 2.05 bits per heavy atom. The van der Waals surface area contributed by atoms with Gasteiger partial charge in [-0.1, -0.05) is 30.3 Å². The molecule has 1 unspecified atom stereocenters. The molecule has 1 atom stereocenters. The molecule has 0 saturated carbocycles. The fourth-order valence-electron chi connectivity index (χ4n) is 1.63. The number of carbonyl (C=O) groups is 1. The Hall–Kier alpha value is -2.07. The molecule has 4 nitrogen and oxygen atoms in total. The van der Waals surface area contributed by atoms with Crippen molar-refractivity contribution in [3.63, 3.8) is 0 Å². The van der Waals surface area contributed by atoms with Crippen molar-refractivity contribution in [3.8, 4) is 0 Å². The summed E-state index contributed by atoms with van der Waals surface area (Å²) < 4.78 is 31.9. The smallest absolute Gasteiger partial charge is 0.331 e. The van der Waals surface area contributed by atoms with Gasteiger partial charge < -0.3 is 4.74 Å². The van der Waals surface area contributed by atoms with Crippen LogP contribution in [-0.4, -0.2) is 31.1 Å². The number of nitrogens with zero attached hydrogens (tertiary/aromatic N) is 1. The molecular weight excluding hydrogens is 256 g/mol. The van der Waals surface area contributed by atoms with Crippen molar-refractivity contribution in [1.82, 2.24) is 0 Å². The summed E-state index contributed by atoms with van der Waals surface area (Å²) in [4.78, 5) is 24.4. The van der Waals surface area contributed by atoms with E-state index in [1.54, 1.807) is 30.3 Å². The van der Waals surface area contributed by atoms with Crippen molar-refractivity contribution in [2.45, 2.75) is 24.8 Å². The average Bonchev–Trinajstić information content (AvgIpc) is 2.37. The van der Waals surface area contributed by atoms with E-state index >= 15 is 0 Å². The van der Waals surface area contributed by atoms with E-state index in [-0.39, 0.29) is 0 Å². The van der Waals surface area contributed by atoms with Gasteiger partial charge in [0.05, 0.1) is 7.11 Å². The van der Waals surface area contributed by atoms with Gasteiger partial charge in [-0.15, -0.1) is 0 Å². The molecule has 0 heterocycles. The van der Waals surface area contributed by atoms with Gasteiger partial charge in [0.25, 0.3) is 5.92 Å². The Kier molecular flexibility index (Phi) is 5.33. The van der Waals surface area contributed by atoms with Gasteiger partial charge in [0, 0.05) is 12.8 Å². The van der Waals surface area contributed by atoms with E-state index < -0.39 is 30.8 Å². The molecule has 0 N–H and O–H groups in total. The molecule has 1 rings (SSSR count). The van der Waals surface area contributed by atoms with E-state index in [1.165, 1.54) is 0 Å². The van der Waals surface area contributed by atoms with Crippen LogP contribution in [0.4, 0.5) is 8.78 Å². The maximum Gasteiger partial charge on any atom is 0.331 e. The number of esters is 1. The summed E-state index contributed by atoms with van der Waals surface area (Å²) in [5.74, 6) is -4.14.